The fraction of sp³-hybridized carbons (Fsp3) is 0.458. The fourth-order valence-corrected chi connectivity index (χ4v) is 2.87. The standard InChI is InChI=1S/C24H31FO3/c1-4-5-6-7-16-27-21-12-8-19(9-13-21)20-10-14-22(15-11-20)28-24(26)23(25)17-18(2)3/h8-15,18,23H,4-7,16-17H2,1-3H3. The van der Waals surface area contributed by atoms with E-state index in [-0.39, 0.29) is 12.3 Å². The molecule has 0 fully saturated rings. The van der Waals surface area contributed by atoms with E-state index < -0.39 is 12.1 Å². The molecule has 0 saturated heterocycles. The van der Waals surface area contributed by atoms with Crippen LogP contribution in [0.1, 0.15) is 52.9 Å². The first-order chi connectivity index (χ1) is 13.5. The third-order valence-corrected chi connectivity index (χ3v) is 4.46. The molecule has 3 nitrogen and oxygen atoms in total. The number of hydrogen-bond acceptors (Lipinski definition) is 3. The third-order valence-electron chi connectivity index (χ3n) is 4.46. The van der Waals surface area contributed by atoms with Gasteiger partial charge in [-0.3, -0.25) is 0 Å². The van der Waals surface area contributed by atoms with Crippen LogP contribution >= 0.6 is 0 Å². The average Bonchev–Trinajstić information content (AvgIpc) is 2.68. The highest BCUT2D eigenvalue weighted by atomic mass is 19.1. The summed E-state index contributed by atoms with van der Waals surface area (Å²) in [7, 11) is 0. The maximum atomic E-state index is 13.8. The number of ether oxygens (including phenoxy) is 2. The monoisotopic (exact) mass is 386 g/mol. The Morgan fingerprint density at radius 2 is 1.46 bits per heavy atom. The minimum atomic E-state index is -1.59. The van der Waals surface area contributed by atoms with Gasteiger partial charge in [-0.1, -0.05) is 64.3 Å². The first-order valence-electron chi connectivity index (χ1n) is 10.2. The Labute approximate surface area is 167 Å². The number of halogens is 1. The normalized spacial score (nSPS) is 12.0. The zero-order valence-corrected chi connectivity index (χ0v) is 17.1. The van der Waals surface area contributed by atoms with Crippen LogP contribution < -0.4 is 9.47 Å². The molecule has 28 heavy (non-hydrogen) atoms. The van der Waals surface area contributed by atoms with Crippen molar-refractivity contribution < 1.29 is 18.7 Å². The van der Waals surface area contributed by atoms with Gasteiger partial charge in [0.1, 0.15) is 11.5 Å². The molecule has 0 aromatic heterocycles. The molecule has 2 aromatic carbocycles. The van der Waals surface area contributed by atoms with Crippen molar-refractivity contribution in [1.29, 1.82) is 0 Å². The highest BCUT2D eigenvalue weighted by molar-refractivity contribution is 5.77. The fourth-order valence-electron chi connectivity index (χ4n) is 2.87. The average molecular weight is 387 g/mol. The van der Waals surface area contributed by atoms with Gasteiger partial charge in [0.2, 0.25) is 0 Å². The Morgan fingerprint density at radius 3 is 2.00 bits per heavy atom. The van der Waals surface area contributed by atoms with Gasteiger partial charge in [-0.05, 0) is 54.2 Å². The second kappa shape index (κ2) is 11.5. The van der Waals surface area contributed by atoms with Gasteiger partial charge >= 0.3 is 5.97 Å². The number of alkyl halides is 1. The first kappa shape index (κ1) is 21.9. The van der Waals surface area contributed by atoms with E-state index in [2.05, 4.69) is 6.92 Å². The second-order valence-electron chi connectivity index (χ2n) is 7.48. The lowest BCUT2D eigenvalue weighted by molar-refractivity contribution is -0.140. The van der Waals surface area contributed by atoms with E-state index in [1.807, 2.05) is 50.2 Å². The van der Waals surface area contributed by atoms with E-state index in [4.69, 9.17) is 9.47 Å². The number of hydrogen-bond donors (Lipinski definition) is 0. The van der Waals surface area contributed by atoms with Crippen molar-refractivity contribution in [3.63, 3.8) is 0 Å². The lowest BCUT2D eigenvalue weighted by Gasteiger charge is -2.11. The van der Waals surface area contributed by atoms with Gasteiger partial charge in [-0.25, -0.2) is 9.18 Å². The van der Waals surface area contributed by atoms with Crippen LogP contribution in [0.25, 0.3) is 11.1 Å². The smallest absolute Gasteiger partial charge is 0.346 e. The van der Waals surface area contributed by atoms with Crippen LogP contribution in [0.5, 0.6) is 11.5 Å². The summed E-state index contributed by atoms with van der Waals surface area (Å²) in [5.74, 6) is 0.493. The molecule has 0 heterocycles. The molecule has 4 heteroatoms. The molecule has 0 N–H and O–H groups in total. The molecule has 0 aliphatic carbocycles. The summed E-state index contributed by atoms with van der Waals surface area (Å²) in [4.78, 5) is 11.8. The van der Waals surface area contributed by atoms with E-state index in [1.54, 1.807) is 12.1 Å². The topological polar surface area (TPSA) is 35.5 Å². The maximum absolute atomic E-state index is 13.8. The number of carbonyl (C=O) groups is 1. The number of carbonyl (C=O) groups excluding carboxylic acids is 1. The van der Waals surface area contributed by atoms with E-state index in [0.29, 0.717) is 5.75 Å². The van der Waals surface area contributed by atoms with Gasteiger partial charge in [0.05, 0.1) is 6.61 Å². The van der Waals surface area contributed by atoms with Crippen LogP contribution in [0.2, 0.25) is 0 Å². The van der Waals surface area contributed by atoms with Gasteiger partial charge in [0.25, 0.3) is 0 Å². The van der Waals surface area contributed by atoms with Crippen molar-refractivity contribution in [3.8, 4) is 22.6 Å². The Hall–Kier alpha value is -2.36. The summed E-state index contributed by atoms with van der Waals surface area (Å²) < 4.78 is 24.7. The molecule has 1 unspecified atom stereocenters. The van der Waals surface area contributed by atoms with E-state index in [1.165, 1.54) is 19.3 Å². The molecule has 0 aliphatic heterocycles. The van der Waals surface area contributed by atoms with Crippen LogP contribution in [0.4, 0.5) is 4.39 Å². The molecule has 0 amide bonds. The lowest BCUT2D eigenvalue weighted by atomic mass is 10.1. The number of esters is 1. The van der Waals surface area contributed by atoms with Crippen LogP contribution in [0.3, 0.4) is 0 Å². The third kappa shape index (κ3) is 7.34. The minimum absolute atomic E-state index is 0.105. The Bertz CT molecular complexity index is 708. The molecule has 0 saturated carbocycles. The summed E-state index contributed by atoms with van der Waals surface area (Å²) in [6, 6.07) is 15.0. The molecular formula is C24H31FO3. The van der Waals surface area contributed by atoms with Gasteiger partial charge in [0, 0.05) is 0 Å². The van der Waals surface area contributed by atoms with Crippen LogP contribution in [-0.2, 0) is 4.79 Å². The molecule has 2 aromatic rings. The summed E-state index contributed by atoms with van der Waals surface area (Å²) in [6.07, 6.45) is 3.33. The number of rotatable bonds is 11. The van der Waals surface area contributed by atoms with Gasteiger partial charge in [-0.15, -0.1) is 0 Å². The number of benzene rings is 2. The Morgan fingerprint density at radius 1 is 0.893 bits per heavy atom. The highest BCUT2D eigenvalue weighted by Crippen LogP contribution is 2.25. The quantitative estimate of drug-likeness (QED) is 0.248. The van der Waals surface area contributed by atoms with E-state index >= 15 is 0 Å². The SMILES string of the molecule is CCCCCCOc1ccc(-c2ccc(OC(=O)C(F)CC(C)C)cc2)cc1. The largest absolute Gasteiger partial charge is 0.494 e. The molecule has 1 atom stereocenters. The molecule has 0 spiro atoms. The van der Waals surface area contributed by atoms with Crippen molar-refractivity contribution in [2.24, 2.45) is 5.92 Å². The lowest BCUT2D eigenvalue weighted by Crippen LogP contribution is -2.23. The molecular weight excluding hydrogens is 355 g/mol. The molecule has 0 bridgehead atoms. The maximum Gasteiger partial charge on any atom is 0.346 e. The molecule has 2 rings (SSSR count). The first-order valence-corrected chi connectivity index (χ1v) is 10.2. The van der Waals surface area contributed by atoms with Crippen LogP contribution in [-0.4, -0.2) is 18.7 Å². The summed E-state index contributed by atoms with van der Waals surface area (Å²) in [6.45, 7) is 6.68. The highest BCUT2D eigenvalue weighted by Gasteiger charge is 2.20. The predicted octanol–water partition coefficient (Wildman–Crippen LogP) is 6.60. The van der Waals surface area contributed by atoms with E-state index in [9.17, 15) is 9.18 Å². The van der Waals surface area contributed by atoms with Crippen molar-refractivity contribution in [2.75, 3.05) is 6.61 Å². The predicted molar refractivity (Wildman–Crippen MR) is 112 cm³/mol. The van der Waals surface area contributed by atoms with Gasteiger partial charge < -0.3 is 9.47 Å². The van der Waals surface area contributed by atoms with Gasteiger partial charge in [0.15, 0.2) is 6.17 Å². The van der Waals surface area contributed by atoms with Crippen LogP contribution in [0, 0.1) is 5.92 Å². The van der Waals surface area contributed by atoms with Crippen molar-refractivity contribution in [2.45, 2.75) is 59.0 Å². The van der Waals surface area contributed by atoms with Gasteiger partial charge in [-0.2, -0.15) is 0 Å². The summed E-state index contributed by atoms with van der Waals surface area (Å²) >= 11 is 0. The Kier molecular flexibility index (Phi) is 8.99. The summed E-state index contributed by atoms with van der Waals surface area (Å²) in [5.41, 5.74) is 2.03. The van der Waals surface area contributed by atoms with E-state index in [0.717, 1.165) is 29.9 Å². The number of unbranched alkanes of at least 4 members (excludes halogenated alkanes) is 3. The minimum Gasteiger partial charge on any atom is -0.494 e. The summed E-state index contributed by atoms with van der Waals surface area (Å²) in [5, 5.41) is 0. The molecule has 152 valence electrons. The van der Waals surface area contributed by atoms with Crippen molar-refractivity contribution in [1.82, 2.24) is 0 Å². The van der Waals surface area contributed by atoms with Crippen molar-refractivity contribution >= 4 is 5.97 Å². The Balaban J connectivity index is 1.88. The zero-order chi connectivity index (χ0) is 20.4. The van der Waals surface area contributed by atoms with Crippen LogP contribution in [0.15, 0.2) is 48.5 Å². The second-order valence-corrected chi connectivity index (χ2v) is 7.48. The molecule has 0 radical (unpaired) electrons. The van der Waals surface area contributed by atoms with Crippen molar-refractivity contribution in [3.05, 3.63) is 48.5 Å². The molecule has 0 aliphatic rings. The zero-order valence-electron chi connectivity index (χ0n) is 17.1.